The van der Waals surface area contributed by atoms with E-state index in [0.717, 1.165) is 0 Å². The molecule has 40 valence electrons. The Bertz CT molecular complexity index is 59.8. The Morgan fingerprint density at radius 2 is 1.75 bits per heavy atom. The van der Waals surface area contributed by atoms with Gasteiger partial charge in [0.2, 0.25) is 0 Å². The average molecular weight is 140 g/mol. The van der Waals surface area contributed by atoms with Crippen molar-refractivity contribution in [1.29, 1.82) is 0 Å². The van der Waals surface area contributed by atoms with Gasteiger partial charge in [0.05, 0.1) is 9.47 Å². The molecule has 0 aliphatic heterocycles. The summed E-state index contributed by atoms with van der Waals surface area (Å²) in [5, 5.41) is 7.48. The van der Waals surface area contributed by atoms with Gasteiger partial charge in [0.25, 0.3) is 0 Å². The standard InChI is InChI=1S/CH3O3P.Al.2Li.5H/c2-1(3)4-5;;;;;;;;/h5H2,(H,2,3);;;;;;;;/q;;2*+1;;;;2*-1. The molecule has 0 heterocycles. The Hall–Kier alpha value is 1.43. The molecule has 8 heavy (non-hydrogen) atoms. The van der Waals surface area contributed by atoms with E-state index in [4.69, 9.17) is 9.90 Å². The predicted molar refractivity (Wildman–Crippen MR) is 31.0 cm³/mol. The molecule has 0 aromatic rings. The molecule has 0 amide bonds. The van der Waals surface area contributed by atoms with Gasteiger partial charge < -0.3 is 12.5 Å². The van der Waals surface area contributed by atoms with E-state index < -0.39 is 6.16 Å². The van der Waals surface area contributed by atoms with Gasteiger partial charge in [-0.15, -0.1) is 0 Å². The molecule has 0 rings (SSSR count). The molecule has 0 bridgehead atoms. The number of carboxylic acid groups (broad SMARTS) is 1. The zero-order valence-corrected chi connectivity index (χ0v) is 5.50. The number of hydrogen-bond donors (Lipinski definition) is 1. The molecule has 0 spiro atoms. The predicted octanol–water partition coefficient (Wildman–Crippen LogP) is -6.48. The van der Waals surface area contributed by atoms with Crippen LogP contribution < -0.4 is 37.7 Å². The van der Waals surface area contributed by atoms with Crippen molar-refractivity contribution in [2.45, 2.75) is 0 Å². The smallest absolute Gasteiger partial charge is 1.00 e. The molecule has 0 aliphatic carbocycles. The first-order chi connectivity index (χ1) is 2.27. The first kappa shape index (κ1) is 22.7. The van der Waals surface area contributed by atoms with Gasteiger partial charge in [-0.3, -0.25) is 0 Å². The van der Waals surface area contributed by atoms with E-state index in [1.165, 1.54) is 0 Å². The molecule has 1 N–H and O–H groups in total. The van der Waals surface area contributed by atoms with Crippen LogP contribution in [-0.2, 0) is 4.52 Å². The van der Waals surface area contributed by atoms with Crippen molar-refractivity contribution < 1.29 is 55.0 Å². The zero-order chi connectivity index (χ0) is 4.28. The van der Waals surface area contributed by atoms with Crippen molar-refractivity contribution in [3.05, 3.63) is 0 Å². The Kier molecular flexibility index (Phi) is 44.8. The summed E-state index contributed by atoms with van der Waals surface area (Å²) >= 11 is 0. The molecule has 0 aromatic heterocycles. The minimum absolute atomic E-state index is 0. The molecule has 1 unspecified atom stereocenters. The van der Waals surface area contributed by atoms with E-state index in [-0.39, 0.29) is 57.9 Å². The summed E-state index contributed by atoms with van der Waals surface area (Å²) in [6, 6.07) is 0. The molecular weight excluding hydrogens is 132 g/mol. The van der Waals surface area contributed by atoms with Gasteiger partial charge in [-0.2, -0.15) is 0 Å². The summed E-state index contributed by atoms with van der Waals surface area (Å²) in [4.78, 5) is 9.12. The van der Waals surface area contributed by atoms with Crippen LogP contribution in [-0.4, -0.2) is 28.6 Å². The third-order valence-electron chi connectivity index (χ3n) is 0.101. The van der Waals surface area contributed by atoms with Crippen molar-refractivity contribution in [2.24, 2.45) is 0 Å². The van der Waals surface area contributed by atoms with Crippen molar-refractivity contribution in [3.63, 3.8) is 0 Å². The van der Waals surface area contributed by atoms with E-state index in [0.29, 0.717) is 0 Å². The summed E-state index contributed by atoms with van der Waals surface area (Å²) in [6.07, 6.45) is -1.28. The molecule has 7 heteroatoms. The first-order valence-electron chi connectivity index (χ1n) is 0.868. The number of hydrogen-bond acceptors (Lipinski definition) is 2. The zero-order valence-electron chi connectivity index (χ0n) is 6.34. The van der Waals surface area contributed by atoms with Crippen LogP contribution in [0.25, 0.3) is 0 Å². The maximum Gasteiger partial charge on any atom is 1.00 e. The van der Waals surface area contributed by atoms with E-state index in [2.05, 4.69) is 4.52 Å². The second-order valence-corrected chi connectivity index (χ2v) is 0.619. The molecule has 0 aliphatic rings. The molecular formula is CH8AlLi2O3P. The monoisotopic (exact) mass is 140 g/mol. The third-order valence-corrected chi connectivity index (χ3v) is 0.302. The Balaban J connectivity index is -0.00000000800. The Morgan fingerprint density at radius 1 is 1.62 bits per heavy atom. The Morgan fingerprint density at radius 3 is 1.75 bits per heavy atom. The molecule has 0 aromatic carbocycles. The van der Waals surface area contributed by atoms with E-state index in [1.807, 2.05) is 0 Å². The molecule has 1 atom stereocenters. The maximum absolute atomic E-state index is 9.12. The normalized spacial score (nSPS) is 4.12. The van der Waals surface area contributed by atoms with Gasteiger partial charge in [0.1, 0.15) is 0 Å². The number of carbonyl (C=O) groups is 1. The van der Waals surface area contributed by atoms with Crippen molar-refractivity contribution >= 4 is 33.0 Å². The quantitative estimate of drug-likeness (QED) is 0.269. The van der Waals surface area contributed by atoms with Crippen LogP contribution in [0.2, 0.25) is 0 Å². The summed E-state index contributed by atoms with van der Waals surface area (Å²) in [6.45, 7) is 0. The van der Waals surface area contributed by atoms with Crippen LogP contribution in [0.3, 0.4) is 0 Å². The SMILES string of the molecule is O=C(O)OP.[AlH3].[H-].[H-].[Li+].[Li+]. The minimum atomic E-state index is -1.28. The fourth-order valence-corrected chi connectivity index (χ4v) is 0. The second kappa shape index (κ2) is 15.8. The van der Waals surface area contributed by atoms with Gasteiger partial charge in [-0.25, -0.2) is 4.79 Å². The summed E-state index contributed by atoms with van der Waals surface area (Å²) in [5.41, 5.74) is 0. The molecule has 3 nitrogen and oxygen atoms in total. The van der Waals surface area contributed by atoms with E-state index in [1.54, 1.807) is 9.47 Å². The fraction of sp³-hybridized carbons (Fsp3) is 0. The van der Waals surface area contributed by atoms with E-state index >= 15 is 0 Å². The third kappa shape index (κ3) is 26.1. The summed E-state index contributed by atoms with van der Waals surface area (Å²) < 4.78 is 3.58. The van der Waals surface area contributed by atoms with E-state index in [9.17, 15) is 0 Å². The largest absolute Gasteiger partial charge is 1.00 e. The fourth-order valence-electron chi connectivity index (χ4n) is 0. The van der Waals surface area contributed by atoms with Crippen LogP contribution >= 0.6 is 9.47 Å². The van der Waals surface area contributed by atoms with Gasteiger partial charge in [-0.1, -0.05) is 0 Å². The van der Waals surface area contributed by atoms with Crippen LogP contribution in [0.5, 0.6) is 0 Å². The van der Waals surface area contributed by atoms with Gasteiger partial charge in [0, 0.05) is 0 Å². The number of rotatable bonds is 0. The van der Waals surface area contributed by atoms with Gasteiger partial charge >= 0.3 is 43.9 Å². The molecule has 0 radical (unpaired) electrons. The van der Waals surface area contributed by atoms with Gasteiger partial charge in [0.15, 0.2) is 17.4 Å². The molecule has 0 saturated heterocycles. The van der Waals surface area contributed by atoms with Crippen LogP contribution in [0, 0.1) is 0 Å². The first-order valence-corrected chi connectivity index (χ1v) is 1.34. The van der Waals surface area contributed by atoms with Crippen LogP contribution in [0.4, 0.5) is 4.79 Å². The molecule has 0 fully saturated rings. The van der Waals surface area contributed by atoms with Crippen LogP contribution in [0.15, 0.2) is 0 Å². The minimum Gasteiger partial charge on any atom is -1.00 e. The van der Waals surface area contributed by atoms with Crippen molar-refractivity contribution in [3.8, 4) is 0 Å². The Labute approximate surface area is 87.7 Å². The average Bonchev–Trinajstić information content (AvgIpc) is 1.38. The molecule has 0 saturated carbocycles. The summed E-state index contributed by atoms with van der Waals surface area (Å²) in [7, 11) is 1.59. The topological polar surface area (TPSA) is 46.5 Å². The van der Waals surface area contributed by atoms with Crippen molar-refractivity contribution in [2.75, 3.05) is 0 Å². The van der Waals surface area contributed by atoms with Crippen molar-refractivity contribution in [1.82, 2.24) is 0 Å². The second-order valence-electron chi connectivity index (χ2n) is 0.384. The van der Waals surface area contributed by atoms with Gasteiger partial charge in [-0.05, 0) is 0 Å². The summed E-state index contributed by atoms with van der Waals surface area (Å²) in [5.74, 6) is 0. The van der Waals surface area contributed by atoms with Crippen LogP contribution in [0.1, 0.15) is 2.85 Å². The maximum atomic E-state index is 9.12.